The average molecular weight is 319 g/mol. The molecule has 21 heavy (non-hydrogen) atoms. The highest BCUT2D eigenvalue weighted by Gasteiger charge is 2.14. The average Bonchev–Trinajstić information content (AvgIpc) is 3.09. The van der Waals surface area contributed by atoms with Gasteiger partial charge in [-0.25, -0.2) is 4.98 Å². The molecule has 1 aromatic carbocycles. The van der Waals surface area contributed by atoms with Gasteiger partial charge in [0, 0.05) is 22.3 Å². The van der Waals surface area contributed by atoms with Gasteiger partial charge in [-0.2, -0.15) is 5.10 Å². The smallest absolute Gasteiger partial charge is 0.275 e. The Labute approximate surface area is 130 Å². The maximum atomic E-state index is 12.1. The number of aryl methyl sites for hydroxylation is 1. The summed E-state index contributed by atoms with van der Waals surface area (Å²) in [6, 6.07) is 7.51. The van der Waals surface area contributed by atoms with Crippen LogP contribution in [0.25, 0.3) is 11.1 Å². The van der Waals surface area contributed by atoms with E-state index < -0.39 is 0 Å². The number of aromatic nitrogens is 3. The van der Waals surface area contributed by atoms with E-state index in [2.05, 4.69) is 20.5 Å². The first-order valence-electron chi connectivity index (χ1n) is 6.17. The highest BCUT2D eigenvalue weighted by Crippen LogP contribution is 2.23. The summed E-state index contributed by atoms with van der Waals surface area (Å²) in [6.07, 6.45) is 3.56. The Morgan fingerprint density at radius 3 is 2.62 bits per heavy atom. The first kappa shape index (κ1) is 13.8. The minimum absolute atomic E-state index is 0.258. The molecule has 7 heteroatoms. The van der Waals surface area contributed by atoms with Crippen molar-refractivity contribution in [2.75, 3.05) is 5.32 Å². The molecule has 3 rings (SSSR count). The fourth-order valence-electron chi connectivity index (χ4n) is 1.92. The standard InChI is InChI=1S/C14H11ClN4OS/c1-8-12(19-14(15)21-8)13(20)18-11-4-2-9(3-5-11)10-6-16-17-7-10/h2-7H,1H3,(H,16,17)(H,18,20). The lowest BCUT2D eigenvalue weighted by atomic mass is 10.1. The molecule has 106 valence electrons. The third kappa shape index (κ3) is 2.96. The number of carbonyl (C=O) groups excluding carboxylic acids is 1. The van der Waals surface area contributed by atoms with Gasteiger partial charge in [0.15, 0.2) is 4.47 Å². The molecule has 0 aliphatic heterocycles. The second kappa shape index (κ2) is 5.67. The number of thiazole rings is 1. The first-order chi connectivity index (χ1) is 10.1. The van der Waals surface area contributed by atoms with Crippen LogP contribution in [0.15, 0.2) is 36.7 Å². The molecular formula is C14H11ClN4OS. The fraction of sp³-hybridized carbons (Fsp3) is 0.0714. The monoisotopic (exact) mass is 318 g/mol. The molecule has 5 nitrogen and oxygen atoms in total. The molecule has 2 aromatic heterocycles. The number of benzene rings is 1. The zero-order valence-electron chi connectivity index (χ0n) is 11.1. The summed E-state index contributed by atoms with van der Waals surface area (Å²) in [4.78, 5) is 16.9. The molecule has 0 saturated carbocycles. The van der Waals surface area contributed by atoms with E-state index in [1.54, 1.807) is 6.20 Å². The molecule has 0 radical (unpaired) electrons. The van der Waals surface area contributed by atoms with E-state index in [4.69, 9.17) is 11.6 Å². The van der Waals surface area contributed by atoms with Gasteiger partial charge >= 0.3 is 0 Å². The molecule has 0 saturated heterocycles. The summed E-state index contributed by atoms with van der Waals surface area (Å²) in [5, 5.41) is 9.48. The van der Waals surface area contributed by atoms with Crippen LogP contribution in [0.1, 0.15) is 15.4 Å². The van der Waals surface area contributed by atoms with Crippen LogP contribution in [0.4, 0.5) is 5.69 Å². The lowest BCUT2D eigenvalue weighted by molar-refractivity contribution is 0.102. The normalized spacial score (nSPS) is 10.6. The Balaban J connectivity index is 1.76. The number of hydrogen-bond donors (Lipinski definition) is 2. The van der Waals surface area contributed by atoms with Crippen molar-refractivity contribution in [1.82, 2.24) is 15.2 Å². The molecule has 0 aliphatic carbocycles. The van der Waals surface area contributed by atoms with Crippen LogP contribution in [0.5, 0.6) is 0 Å². The second-order valence-electron chi connectivity index (χ2n) is 4.39. The van der Waals surface area contributed by atoms with Crippen LogP contribution in [-0.2, 0) is 0 Å². The second-order valence-corrected chi connectivity index (χ2v) is 6.18. The fourth-order valence-corrected chi connectivity index (χ4v) is 2.98. The van der Waals surface area contributed by atoms with Crippen molar-refractivity contribution in [2.24, 2.45) is 0 Å². The van der Waals surface area contributed by atoms with Gasteiger partial charge in [-0.15, -0.1) is 11.3 Å². The van der Waals surface area contributed by atoms with E-state index in [0.29, 0.717) is 15.8 Å². The zero-order valence-corrected chi connectivity index (χ0v) is 12.6. The topological polar surface area (TPSA) is 70.7 Å². The van der Waals surface area contributed by atoms with Crippen molar-refractivity contribution in [3.8, 4) is 11.1 Å². The van der Waals surface area contributed by atoms with Gasteiger partial charge in [0.05, 0.1) is 6.20 Å². The molecule has 1 amide bonds. The van der Waals surface area contributed by atoms with Gasteiger partial charge in [0.2, 0.25) is 0 Å². The van der Waals surface area contributed by atoms with Crippen molar-refractivity contribution in [3.63, 3.8) is 0 Å². The molecule has 0 spiro atoms. The van der Waals surface area contributed by atoms with E-state index in [9.17, 15) is 4.79 Å². The van der Waals surface area contributed by atoms with E-state index in [0.717, 1.165) is 16.0 Å². The molecule has 0 unspecified atom stereocenters. The first-order valence-corrected chi connectivity index (χ1v) is 7.36. The quantitative estimate of drug-likeness (QED) is 0.772. The maximum Gasteiger partial charge on any atom is 0.275 e. The zero-order chi connectivity index (χ0) is 14.8. The summed E-state index contributed by atoms with van der Waals surface area (Å²) >= 11 is 7.10. The van der Waals surface area contributed by atoms with Crippen LogP contribution in [0.3, 0.4) is 0 Å². The number of hydrogen-bond acceptors (Lipinski definition) is 4. The molecule has 0 bridgehead atoms. The number of halogens is 1. The Bertz CT molecular complexity index is 765. The summed E-state index contributed by atoms with van der Waals surface area (Å²) in [6.45, 7) is 1.82. The van der Waals surface area contributed by atoms with Crippen molar-refractivity contribution >= 4 is 34.5 Å². The molecule has 2 heterocycles. The maximum absolute atomic E-state index is 12.1. The van der Waals surface area contributed by atoms with Crippen LogP contribution in [0, 0.1) is 6.92 Å². The lowest BCUT2D eigenvalue weighted by Crippen LogP contribution is -2.13. The predicted octanol–water partition coefficient (Wildman–Crippen LogP) is 3.75. The van der Waals surface area contributed by atoms with Gasteiger partial charge < -0.3 is 5.32 Å². The Hall–Kier alpha value is -2.18. The molecule has 3 aromatic rings. The van der Waals surface area contributed by atoms with E-state index >= 15 is 0 Å². The van der Waals surface area contributed by atoms with Gasteiger partial charge in [-0.3, -0.25) is 9.89 Å². The van der Waals surface area contributed by atoms with Crippen molar-refractivity contribution < 1.29 is 4.79 Å². The number of rotatable bonds is 3. The largest absolute Gasteiger partial charge is 0.321 e. The van der Waals surface area contributed by atoms with Crippen molar-refractivity contribution in [1.29, 1.82) is 0 Å². The Morgan fingerprint density at radius 1 is 1.29 bits per heavy atom. The third-order valence-electron chi connectivity index (χ3n) is 2.96. The van der Waals surface area contributed by atoms with Gasteiger partial charge in [0.1, 0.15) is 5.69 Å². The van der Waals surface area contributed by atoms with Crippen LogP contribution in [0.2, 0.25) is 4.47 Å². The van der Waals surface area contributed by atoms with Crippen LogP contribution in [-0.4, -0.2) is 21.1 Å². The molecule has 0 aliphatic rings. The number of H-pyrrole nitrogens is 1. The summed E-state index contributed by atoms with van der Waals surface area (Å²) < 4.78 is 0.368. The van der Waals surface area contributed by atoms with Crippen molar-refractivity contribution in [2.45, 2.75) is 6.92 Å². The number of nitrogens with zero attached hydrogens (tertiary/aromatic N) is 2. The molecule has 2 N–H and O–H groups in total. The summed E-state index contributed by atoms with van der Waals surface area (Å²) in [5.41, 5.74) is 3.09. The van der Waals surface area contributed by atoms with Crippen molar-refractivity contribution in [3.05, 3.63) is 51.7 Å². The highest BCUT2D eigenvalue weighted by atomic mass is 35.5. The minimum Gasteiger partial charge on any atom is -0.321 e. The number of carbonyl (C=O) groups is 1. The molecule has 0 fully saturated rings. The summed E-state index contributed by atoms with van der Waals surface area (Å²) in [7, 11) is 0. The van der Waals surface area contributed by atoms with Crippen LogP contribution < -0.4 is 5.32 Å². The van der Waals surface area contributed by atoms with E-state index in [1.165, 1.54) is 11.3 Å². The number of anilines is 1. The van der Waals surface area contributed by atoms with Gasteiger partial charge in [-0.05, 0) is 24.6 Å². The number of aromatic amines is 1. The number of amides is 1. The molecular weight excluding hydrogens is 308 g/mol. The SMILES string of the molecule is Cc1sc(Cl)nc1C(=O)Nc1ccc(-c2cn[nH]c2)cc1. The number of nitrogens with one attached hydrogen (secondary N) is 2. The highest BCUT2D eigenvalue weighted by molar-refractivity contribution is 7.15. The van der Waals surface area contributed by atoms with Gasteiger partial charge in [0.25, 0.3) is 5.91 Å². The van der Waals surface area contributed by atoms with E-state index in [-0.39, 0.29) is 5.91 Å². The van der Waals surface area contributed by atoms with E-state index in [1.807, 2.05) is 37.4 Å². The Morgan fingerprint density at radius 2 is 2.05 bits per heavy atom. The predicted molar refractivity (Wildman–Crippen MR) is 83.8 cm³/mol. The lowest BCUT2D eigenvalue weighted by Gasteiger charge is -2.05. The Kier molecular flexibility index (Phi) is 3.72. The minimum atomic E-state index is -0.258. The van der Waals surface area contributed by atoms with Crippen LogP contribution >= 0.6 is 22.9 Å². The molecule has 0 atom stereocenters. The van der Waals surface area contributed by atoms with Gasteiger partial charge in [-0.1, -0.05) is 23.7 Å². The third-order valence-corrected chi connectivity index (χ3v) is 4.04. The summed E-state index contributed by atoms with van der Waals surface area (Å²) in [5.74, 6) is -0.258.